The summed E-state index contributed by atoms with van der Waals surface area (Å²) in [6.45, 7) is 27.1. The third kappa shape index (κ3) is 5.16. The van der Waals surface area contributed by atoms with Gasteiger partial charge in [0.2, 0.25) is 0 Å². The van der Waals surface area contributed by atoms with Crippen LogP contribution in [0.5, 0.6) is 5.75 Å². The van der Waals surface area contributed by atoms with Crippen LogP contribution in [0.4, 0.5) is 4.39 Å². The van der Waals surface area contributed by atoms with E-state index in [0.29, 0.717) is 44.2 Å². The predicted molar refractivity (Wildman–Crippen MR) is 154 cm³/mol. The van der Waals surface area contributed by atoms with Crippen molar-refractivity contribution < 1.29 is 10.2 Å². The zero-order chi connectivity index (χ0) is 26.9. The first-order chi connectivity index (χ1) is 16.1. The molecule has 0 atom stereocenters. The standard InChI is InChI=1S/C30H47FOSi2/c1-20(2)33(21(3)4,22(5)6)18-17-29-28-15-14-27(19-26(28)13-16-30(29)31)32-34(23(7)8,24(9)10)25(11)12/h13-16,19-25H,1-12H3/i15D. The van der Waals surface area contributed by atoms with E-state index in [2.05, 4.69) is 94.5 Å². The molecule has 0 N–H and O–H groups in total. The Morgan fingerprint density at radius 2 is 1.26 bits per heavy atom. The molecule has 0 saturated heterocycles. The molecule has 0 heterocycles. The van der Waals surface area contributed by atoms with Crippen LogP contribution in [0.25, 0.3) is 10.8 Å². The molecule has 0 fully saturated rings. The Morgan fingerprint density at radius 1 is 0.765 bits per heavy atom. The predicted octanol–water partition coefficient (Wildman–Crippen LogP) is 10.1. The second kappa shape index (κ2) is 11.0. The molecule has 0 unspecified atom stereocenters. The van der Waals surface area contributed by atoms with Gasteiger partial charge < -0.3 is 4.43 Å². The van der Waals surface area contributed by atoms with E-state index in [4.69, 9.17) is 5.80 Å². The van der Waals surface area contributed by atoms with Gasteiger partial charge in [-0.15, -0.1) is 5.54 Å². The van der Waals surface area contributed by atoms with Gasteiger partial charge in [-0.25, -0.2) is 4.39 Å². The Hall–Kier alpha value is -1.58. The highest BCUT2D eigenvalue weighted by molar-refractivity contribution is 6.90. The van der Waals surface area contributed by atoms with Gasteiger partial charge in [-0.05, 0) is 62.9 Å². The number of rotatable bonds is 8. The van der Waals surface area contributed by atoms with Crippen molar-refractivity contribution in [2.24, 2.45) is 0 Å². The van der Waals surface area contributed by atoms with Gasteiger partial charge >= 0.3 is 0 Å². The molecule has 0 spiro atoms. The van der Waals surface area contributed by atoms with E-state index >= 15 is 4.39 Å². The first kappa shape index (κ1) is 27.0. The van der Waals surface area contributed by atoms with Crippen LogP contribution in [0.3, 0.4) is 0 Å². The summed E-state index contributed by atoms with van der Waals surface area (Å²) in [5.74, 6) is 3.67. The molecule has 1 nitrogen and oxygen atoms in total. The van der Waals surface area contributed by atoms with Crippen molar-refractivity contribution in [1.82, 2.24) is 0 Å². The number of fused-ring (bicyclic) bond motifs is 1. The van der Waals surface area contributed by atoms with Crippen molar-refractivity contribution in [2.75, 3.05) is 0 Å². The molecule has 0 aliphatic carbocycles. The Morgan fingerprint density at radius 3 is 1.71 bits per heavy atom. The lowest BCUT2D eigenvalue weighted by molar-refractivity contribution is 0.480. The second-order valence-electron chi connectivity index (χ2n) is 11.8. The van der Waals surface area contributed by atoms with Crippen molar-refractivity contribution in [3.63, 3.8) is 0 Å². The number of hydrogen-bond donors (Lipinski definition) is 0. The molecule has 0 aliphatic rings. The van der Waals surface area contributed by atoms with Crippen LogP contribution in [0.2, 0.25) is 33.2 Å². The van der Waals surface area contributed by atoms with Crippen LogP contribution in [0.15, 0.2) is 30.3 Å². The lowest BCUT2D eigenvalue weighted by Gasteiger charge is -2.42. The number of hydrogen-bond acceptors (Lipinski definition) is 1. The molecule has 2 rings (SSSR count). The molecule has 188 valence electrons. The van der Waals surface area contributed by atoms with Crippen LogP contribution in [0.1, 0.15) is 90.0 Å². The lowest BCUT2D eigenvalue weighted by atomic mass is 10.0. The summed E-state index contributed by atoms with van der Waals surface area (Å²) in [5.41, 5.74) is 6.69. The summed E-state index contributed by atoms with van der Waals surface area (Å²) in [5, 5.41) is 1.42. The third-order valence-electron chi connectivity index (χ3n) is 8.12. The lowest BCUT2D eigenvalue weighted by Crippen LogP contribution is -2.50. The molecule has 0 amide bonds. The molecular weight excluding hydrogens is 451 g/mol. The van der Waals surface area contributed by atoms with Crippen LogP contribution >= 0.6 is 0 Å². The summed E-state index contributed by atoms with van der Waals surface area (Å²) < 4.78 is 30.9. The fourth-order valence-electron chi connectivity index (χ4n) is 6.55. The molecule has 0 aromatic heterocycles. The largest absolute Gasteiger partial charge is 0.543 e. The average molecular weight is 500 g/mol. The summed E-state index contributed by atoms with van der Waals surface area (Å²) in [4.78, 5) is 0. The Kier molecular flexibility index (Phi) is 8.74. The van der Waals surface area contributed by atoms with E-state index < -0.39 is 16.4 Å². The molecule has 2 aromatic carbocycles. The van der Waals surface area contributed by atoms with Gasteiger partial charge in [0.15, 0.2) is 0 Å². The maximum atomic E-state index is 15.2. The van der Waals surface area contributed by atoms with Crippen LogP contribution in [-0.4, -0.2) is 16.4 Å². The monoisotopic (exact) mass is 499 g/mol. The number of halogens is 1. The van der Waals surface area contributed by atoms with E-state index in [9.17, 15) is 0 Å². The van der Waals surface area contributed by atoms with E-state index in [1.807, 2.05) is 6.07 Å². The molecule has 0 bridgehead atoms. The van der Waals surface area contributed by atoms with Crippen molar-refractivity contribution >= 4 is 27.2 Å². The zero-order valence-electron chi connectivity index (χ0n) is 24.6. The van der Waals surface area contributed by atoms with E-state index in [1.54, 1.807) is 12.1 Å². The van der Waals surface area contributed by atoms with Crippen LogP contribution in [0, 0.1) is 17.3 Å². The van der Waals surface area contributed by atoms with Gasteiger partial charge in [0.05, 0.1) is 6.93 Å². The minimum atomic E-state index is -2.16. The maximum Gasteiger partial charge on any atom is 0.258 e. The third-order valence-corrected chi connectivity index (χ3v) is 20.4. The minimum Gasteiger partial charge on any atom is -0.543 e. The van der Waals surface area contributed by atoms with Gasteiger partial charge in [-0.3, -0.25) is 0 Å². The van der Waals surface area contributed by atoms with Gasteiger partial charge in [0, 0.05) is 5.39 Å². The molecule has 0 saturated carbocycles. The van der Waals surface area contributed by atoms with Gasteiger partial charge in [0.1, 0.15) is 19.6 Å². The minimum absolute atomic E-state index is 0.284. The SMILES string of the molecule is [2H]c1cc(O[Si](C(C)C)(C(C)C)C(C)C)cc2ccc(F)c(C#C[Si](C(C)C)(C(C)C)C(C)C)c12. The van der Waals surface area contributed by atoms with Crippen LogP contribution in [-0.2, 0) is 0 Å². The van der Waals surface area contributed by atoms with Gasteiger partial charge in [-0.2, -0.15) is 0 Å². The van der Waals surface area contributed by atoms with Crippen molar-refractivity contribution in [3.8, 4) is 17.2 Å². The summed E-state index contributed by atoms with van der Waals surface area (Å²) >= 11 is 0. The Balaban J connectivity index is 2.74. The van der Waals surface area contributed by atoms with Crippen molar-refractivity contribution in [2.45, 2.75) is 116 Å². The van der Waals surface area contributed by atoms with Crippen LogP contribution < -0.4 is 4.43 Å². The molecular formula is C30H47FOSi2. The van der Waals surface area contributed by atoms with Gasteiger partial charge in [0.25, 0.3) is 8.32 Å². The average Bonchev–Trinajstić information content (AvgIpc) is 2.72. The second-order valence-corrected chi connectivity index (χ2v) is 22.7. The first-order valence-corrected chi connectivity index (χ1v) is 17.4. The Labute approximate surface area is 212 Å². The van der Waals surface area contributed by atoms with Crippen molar-refractivity contribution in [3.05, 3.63) is 41.7 Å². The highest BCUT2D eigenvalue weighted by atomic mass is 28.4. The van der Waals surface area contributed by atoms with Crippen molar-refractivity contribution in [1.29, 1.82) is 0 Å². The molecule has 0 radical (unpaired) electrons. The molecule has 34 heavy (non-hydrogen) atoms. The van der Waals surface area contributed by atoms with Gasteiger partial charge in [-0.1, -0.05) is 95.1 Å². The topological polar surface area (TPSA) is 9.23 Å². The fourth-order valence-corrected chi connectivity index (χ4v) is 17.0. The zero-order valence-corrected chi connectivity index (χ0v) is 25.6. The molecule has 4 heteroatoms. The maximum absolute atomic E-state index is 15.2. The highest BCUT2D eigenvalue weighted by Gasteiger charge is 2.47. The summed E-state index contributed by atoms with van der Waals surface area (Å²) in [7, 11) is -4.19. The Bertz CT molecular complexity index is 1050. The molecule has 0 aliphatic heterocycles. The quantitative estimate of drug-likeness (QED) is 0.259. The van der Waals surface area contributed by atoms with E-state index in [0.717, 1.165) is 11.1 Å². The highest BCUT2D eigenvalue weighted by Crippen LogP contribution is 2.44. The fraction of sp³-hybridized carbons (Fsp3) is 0.600. The summed E-state index contributed by atoms with van der Waals surface area (Å²) in [6.07, 6.45) is 0. The van der Waals surface area contributed by atoms with E-state index in [-0.39, 0.29) is 11.9 Å². The molecule has 2 aromatic rings. The number of benzene rings is 2. The summed E-state index contributed by atoms with van der Waals surface area (Å²) in [6, 6.07) is 7.32. The smallest absolute Gasteiger partial charge is 0.258 e. The first-order valence-electron chi connectivity index (χ1n) is 13.6. The van der Waals surface area contributed by atoms with E-state index in [1.165, 1.54) is 6.07 Å². The normalized spacial score (nSPS) is 13.4.